The number of amides is 2. The lowest BCUT2D eigenvalue weighted by Gasteiger charge is -2.02. The van der Waals surface area contributed by atoms with E-state index < -0.39 is 6.03 Å². The first-order valence-electron chi connectivity index (χ1n) is 6.45. The predicted molar refractivity (Wildman–Crippen MR) is 79.0 cm³/mol. The Kier molecular flexibility index (Phi) is 4.52. The van der Waals surface area contributed by atoms with Crippen molar-refractivity contribution < 1.29 is 13.9 Å². The number of rotatable bonds is 3. The number of furan rings is 1. The Morgan fingerprint density at radius 2 is 2.00 bits per heavy atom. The minimum Gasteiger partial charge on any atom is -0.426 e. The molecule has 1 aromatic heterocycles. The van der Waals surface area contributed by atoms with E-state index in [0.717, 1.165) is 5.56 Å². The van der Waals surface area contributed by atoms with Crippen molar-refractivity contribution >= 4 is 6.03 Å². The highest BCUT2D eigenvalue weighted by molar-refractivity contribution is 5.72. The lowest BCUT2D eigenvalue weighted by Crippen LogP contribution is -2.35. The molecule has 1 atom stereocenters. The topological polar surface area (TPSA) is 77.5 Å². The Morgan fingerprint density at radius 1 is 1.29 bits per heavy atom. The molecule has 0 spiro atoms. The highest BCUT2D eigenvalue weighted by atomic mass is 16.6. The molecule has 0 aliphatic heterocycles. The number of urea groups is 1. The van der Waals surface area contributed by atoms with Crippen molar-refractivity contribution in [3.05, 3.63) is 47.7 Å². The Labute approximate surface area is 123 Å². The lowest BCUT2D eigenvalue weighted by atomic mass is 10.2. The van der Waals surface area contributed by atoms with Gasteiger partial charge in [-0.15, -0.1) is 0 Å². The van der Waals surface area contributed by atoms with Crippen molar-refractivity contribution in [2.75, 3.05) is 0 Å². The molecule has 2 rings (SSSR count). The maximum atomic E-state index is 10.7. The number of nitrogens with two attached hydrogens (primary N) is 1. The van der Waals surface area contributed by atoms with Crippen LogP contribution in [0.2, 0.25) is 0 Å². The molecule has 1 aromatic carbocycles. The molecular formula is C16H16N2O3. The van der Waals surface area contributed by atoms with E-state index in [2.05, 4.69) is 17.2 Å². The smallest absolute Gasteiger partial charge is 0.313 e. The summed E-state index contributed by atoms with van der Waals surface area (Å²) < 4.78 is 11.0. The van der Waals surface area contributed by atoms with Gasteiger partial charge in [0.05, 0.1) is 6.04 Å². The molecule has 0 saturated carbocycles. The van der Waals surface area contributed by atoms with Gasteiger partial charge in [-0.2, -0.15) is 0 Å². The number of ether oxygens (including phenoxy) is 1. The van der Waals surface area contributed by atoms with Gasteiger partial charge in [-0.3, -0.25) is 0 Å². The third-order valence-electron chi connectivity index (χ3n) is 2.59. The maximum absolute atomic E-state index is 10.7. The predicted octanol–water partition coefficient (Wildman–Crippen LogP) is 2.79. The van der Waals surface area contributed by atoms with Crippen LogP contribution >= 0.6 is 0 Å². The third kappa shape index (κ3) is 4.62. The van der Waals surface area contributed by atoms with Crippen molar-refractivity contribution in [2.45, 2.75) is 19.9 Å². The average Bonchev–Trinajstić information content (AvgIpc) is 2.86. The van der Waals surface area contributed by atoms with E-state index >= 15 is 0 Å². The molecule has 0 fully saturated rings. The normalized spacial score (nSPS) is 11.1. The fraction of sp³-hybridized carbons (Fsp3) is 0.188. The highest BCUT2D eigenvalue weighted by Gasteiger charge is 2.03. The molecule has 2 amide bonds. The second-order valence-corrected chi connectivity index (χ2v) is 4.53. The SMILES string of the molecule is Cc1ccc(Oc2ccc(C#CC(C)NC(N)=O)o2)cc1. The monoisotopic (exact) mass is 284 g/mol. The molecular weight excluding hydrogens is 268 g/mol. The van der Waals surface area contributed by atoms with Gasteiger partial charge in [0, 0.05) is 6.07 Å². The van der Waals surface area contributed by atoms with Gasteiger partial charge in [-0.1, -0.05) is 23.6 Å². The summed E-state index contributed by atoms with van der Waals surface area (Å²) in [6.07, 6.45) is 0. The number of benzene rings is 1. The van der Waals surface area contributed by atoms with Gasteiger partial charge in [0.25, 0.3) is 5.95 Å². The molecule has 0 aliphatic carbocycles. The fourth-order valence-electron chi connectivity index (χ4n) is 1.59. The van der Waals surface area contributed by atoms with Gasteiger partial charge in [-0.25, -0.2) is 4.79 Å². The summed E-state index contributed by atoms with van der Waals surface area (Å²) in [5.41, 5.74) is 6.16. The number of carbonyl (C=O) groups excluding carboxylic acids is 1. The number of hydrogen-bond donors (Lipinski definition) is 2. The van der Waals surface area contributed by atoms with Crippen LogP contribution in [0.25, 0.3) is 0 Å². The first-order chi connectivity index (χ1) is 10.0. The van der Waals surface area contributed by atoms with E-state index in [9.17, 15) is 4.79 Å². The molecule has 5 heteroatoms. The summed E-state index contributed by atoms with van der Waals surface area (Å²) in [5.74, 6) is 7.11. The Morgan fingerprint density at radius 3 is 2.67 bits per heavy atom. The lowest BCUT2D eigenvalue weighted by molar-refractivity contribution is 0.248. The van der Waals surface area contributed by atoms with Crippen LogP contribution in [0.5, 0.6) is 11.7 Å². The van der Waals surface area contributed by atoms with E-state index in [1.165, 1.54) is 0 Å². The van der Waals surface area contributed by atoms with Crippen LogP contribution < -0.4 is 15.8 Å². The minimum atomic E-state index is -0.611. The van der Waals surface area contributed by atoms with Gasteiger partial charge >= 0.3 is 6.03 Å². The largest absolute Gasteiger partial charge is 0.426 e. The zero-order valence-electron chi connectivity index (χ0n) is 11.8. The molecule has 0 radical (unpaired) electrons. The summed E-state index contributed by atoms with van der Waals surface area (Å²) in [7, 11) is 0. The summed E-state index contributed by atoms with van der Waals surface area (Å²) in [4.78, 5) is 10.7. The van der Waals surface area contributed by atoms with E-state index in [1.54, 1.807) is 19.1 Å². The maximum Gasteiger partial charge on any atom is 0.313 e. The van der Waals surface area contributed by atoms with Gasteiger partial charge in [-0.05, 0) is 38.0 Å². The van der Waals surface area contributed by atoms with Crippen LogP contribution in [0.1, 0.15) is 18.2 Å². The van der Waals surface area contributed by atoms with Crippen LogP contribution in [0.3, 0.4) is 0 Å². The van der Waals surface area contributed by atoms with E-state index in [1.807, 2.05) is 31.2 Å². The first-order valence-corrected chi connectivity index (χ1v) is 6.45. The van der Waals surface area contributed by atoms with Crippen molar-refractivity contribution in [1.29, 1.82) is 0 Å². The van der Waals surface area contributed by atoms with Crippen LogP contribution in [0, 0.1) is 18.8 Å². The van der Waals surface area contributed by atoms with Gasteiger partial charge in [0.1, 0.15) is 5.75 Å². The van der Waals surface area contributed by atoms with Crippen LogP contribution in [-0.4, -0.2) is 12.1 Å². The van der Waals surface area contributed by atoms with E-state index in [-0.39, 0.29) is 6.04 Å². The number of hydrogen-bond acceptors (Lipinski definition) is 3. The zero-order valence-corrected chi connectivity index (χ0v) is 11.8. The number of nitrogens with one attached hydrogen (secondary N) is 1. The van der Waals surface area contributed by atoms with Crippen molar-refractivity contribution in [1.82, 2.24) is 5.32 Å². The third-order valence-corrected chi connectivity index (χ3v) is 2.59. The number of carbonyl (C=O) groups is 1. The molecule has 5 nitrogen and oxygen atoms in total. The van der Waals surface area contributed by atoms with Crippen LogP contribution in [0.4, 0.5) is 4.79 Å². The molecule has 21 heavy (non-hydrogen) atoms. The molecule has 0 aliphatic rings. The van der Waals surface area contributed by atoms with E-state index in [0.29, 0.717) is 17.5 Å². The highest BCUT2D eigenvalue weighted by Crippen LogP contribution is 2.23. The van der Waals surface area contributed by atoms with Gasteiger partial charge in [0.2, 0.25) is 0 Å². The van der Waals surface area contributed by atoms with Crippen molar-refractivity contribution in [2.24, 2.45) is 5.73 Å². The quantitative estimate of drug-likeness (QED) is 0.851. The summed E-state index contributed by atoms with van der Waals surface area (Å²) >= 11 is 0. The molecule has 0 saturated heterocycles. The molecule has 2 aromatic rings. The van der Waals surface area contributed by atoms with Crippen molar-refractivity contribution in [3.63, 3.8) is 0 Å². The van der Waals surface area contributed by atoms with Gasteiger partial charge in [0.15, 0.2) is 5.76 Å². The standard InChI is InChI=1S/C16H16N2O3/c1-11-3-6-13(7-4-11)20-15-10-9-14(21-15)8-5-12(2)18-16(17)19/h3-4,6-7,9-10,12H,1-2H3,(H3,17,18,19). The summed E-state index contributed by atoms with van der Waals surface area (Å²) in [5, 5.41) is 2.46. The average molecular weight is 284 g/mol. The van der Waals surface area contributed by atoms with Gasteiger partial charge < -0.3 is 20.2 Å². The first kappa shape index (κ1) is 14.5. The van der Waals surface area contributed by atoms with Crippen LogP contribution in [0.15, 0.2) is 40.8 Å². The zero-order chi connectivity index (χ0) is 15.2. The fourth-order valence-corrected chi connectivity index (χ4v) is 1.59. The molecule has 1 heterocycles. The molecule has 1 unspecified atom stereocenters. The molecule has 0 bridgehead atoms. The summed E-state index contributed by atoms with van der Waals surface area (Å²) in [6.45, 7) is 3.73. The minimum absolute atomic E-state index is 0.353. The van der Waals surface area contributed by atoms with Crippen molar-refractivity contribution in [3.8, 4) is 23.5 Å². The molecule has 108 valence electrons. The number of aryl methyl sites for hydroxylation is 1. The summed E-state index contributed by atoms with van der Waals surface area (Å²) in [6, 6.07) is 10.1. The Bertz CT molecular complexity index is 678. The Balaban J connectivity index is 2.00. The molecule has 3 N–H and O–H groups in total. The Hall–Kier alpha value is -2.87. The second kappa shape index (κ2) is 6.53. The van der Waals surface area contributed by atoms with E-state index in [4.69, 9.17) is 14.9 Å². The number of primary amides is 1. The second-order valence-electron chi connectivity index (χ2n) is 4.53. The van der Waals surface area contributed by atoms with Crippen LogP contribution in [-0.2, 0) is 0 Å².